The fraction of sp³-hybridized carbons (Fsp3) is 0.533. The first-order chi connectivity index (χ1) is 9.91. The van der Waals surface area contributed by atoms with Crippen molar-refractivity contribution in [2.24, 2.45) is 0 Å². The van der Waals surface area contributed by atoms with Crippen molar-refractivity contribution in [1.82, 2.24) is 4.90 Å². The summed E-state index contributed by atoms with van der Waals surface area (Å²) in [6, 6.07) is 7.30. The predicted molar refractivity (Wildman–Crippen MR) is 84.2 cm³/mol. The number of nitrogens with zero attached hydrogens (tertiary/aromatic N) is 1. The molecule has 1 heterocycles. The summed E-state index contributed by atoms with van der Waals surface area (Å²) in [6.45, 7) is 2.44. The number of benzene rings is 1. The third-order valence-corrected chi connectivity index (χ3v) is 5.81. The predicted octanol–water partition coefficient (Wildman–Crippen LogP) is 2.31. The van der Waals surface area contributed by atoms with Crippen LogP contribution in [0, 0.1) is 0 Å². The van der Waals surface area contributed by atoms with Crippen molar-refractivity contribution in [3.05, 3.63) is 34.9 Å². The van der Waals surface area contributed by atoms with Crippen LogP contribution in [0.15, 0.2) is 24.3 Å². The first-order valence-corrected chi connectivity index (χ1v) is 9.35. The second-order valence-electron chi connectivity index (χ2n) is 5.37. The molecule has 1 aromatic carbocycles. The number of hydrogen-bond acceptors (Lipinski definition) is 3. The number of rotatable bonds is 5. The van der Waals surface area contributed by atoms with Crippen molar-refractivity contribution < 1.29 is 13.2 Å². The topological polar surface area (TPSA) is 54.5 Å². The number of halogens is 1. The fourth-order valence-corrected chi connectivity index (χ4v) is 4.69. The van der Waals surface area contributed by atoms with E-state index in [1.165, 1.54) is 0 Å². The van der Waals surface area contributed by atoms with Gasteiger partial charge in [-0.15, -0.1) is 0 Å². The lowest BCUT2D eigenvalue weighted by molar-refractivity contribution is -0.132. The van der Waals surface area contributed by atoms with Crippen LogP contribution in [0.1, 0.15) is 25.3 Å². The maximum absolute atomic E-state index is 12.3. The molecule has 21 heavy (non-hydrogen) atoms. The van der Waals surface area contributed by atoms with Gasteiger partial charge in [0, 0.05) is 24.0 Å². The Morgan fingerprint density at radius 2 is 2.19 bits per heavy atom. The van der Waals surface area contributed by atoms with Gasteiger partial charge in [-0.05, 0) is 37.5 Å². The molecule has 1 aliphatic heterocycles. The second kappa shape index (κ2) is 6.79. The summed E-state index contributed by atoms with van der Waals surface area (Å²) in [5.41, 5.74) is 1.02. The Kier molecular flexibility index (Phi) is 5.27. The molecule has 116 valence electrons. The molecule has 1 unspecified atom stereocenters. The quantitative estimate of drug-likeness (QED) is 0.833. The van der Waals surface area contributed by atoms with Crippen molar-refractivity contribution >= 4 is 27.3 Å². The highest BCUT2D eigenvalue weighted by Gasteiger charge is 2.33. The fourth-order valence-electron chi connectivity index (χ4n) is 2.75. The molecule has 0 aliphatic carbocycles. The van der Waals surface area contributed by atoms with Crippen molar-refractivity contribution in [2.75, 3.05) is 18.1 Å². The molecule has 0 saturated carbocycles. The maximum atomic E-state index is 12.3. The number of aryl methyl sites for hydroxylation is 1. The second-order valence-corrected chi connectivity index (χ2v) is 8.03. The van der Waals surface area contributed by atoms with Gasteiger partial charge in [0.2, 0.25) is 5.91 Å². The molecule has 0 spiro atoms. The number of hydrogen-bond donors (Lipinski definition) is 0. The Labute approximate surface area is 131 Å². The minimum absolute atomic E-state index is 0.0135. The van der Waals surface area contributed by atoms with E-state index in [4.69, 9.17) is 11.6 Å². The zero-order valence-electron chi connectivity index (χ0n) is 12.1. The minimum Gasteiger partial charge on any atom is -0.339 e. The van der Waals surface area contributed by atoms with Crippen LogP contribution in [-0.4, -0.2) is 43.3 Å². The number of amides is 1. The summed E-state index contributed by atoms with van der Waals surface area (Å²) in [6.07, 6.45) is 1.55. The lowest BCUT2D eigenvalue weighted by atomic mass is 10.1. The van der Waals surface area contributed by atoms with Crippen LogP contribution in [0.5, 0.6) is 0 Å². The van der Waals surface area contributed by atoms with E-state index in [1.54, 1.807) is 11.0 Å². The number of carbonyl (C=O) groups excluding carboxylic acids is 1. The van der Waals surface area contributed by atoms with E-state index in [2.05, 4.69) is 0 Å². The number of sulfone groups is 1. The Morgan fingerprint density at radius 3 is 2.76 bits per heavy atom. The van der Waals surface area contributed by atoms with Crippen molar-refractivity contribution in [2.45, 2.75) is 32.2 Å². The van der Waals surface area contributed by atoms with Gasteiger partial charge in [-0.1, -0.05) is 23.7 Å². The maximum Gasteiger partial charge on any atom is 0.223 e. The molecule has 1 amide bonds. The molecule has 6 heteroatoms. The number of carbonyl (C=O) groups is 1. The van der Waals surface area contributed by atoms with Gasteiger partial charge in [0.25, 0.3) is 0 Å². The van der Waals surface area contributed by atoms with E-state index in [-0.39, 0.29) is 23.5 Å². The van der Waals surface area contributed by atoms with Gasteiger partial charge in [0.1, 0.15) is 0 Å². The van der Waals surface area contributed by atoms with Crippen molar-refractivity contribution in [3.63, 3.8) is 0 Å². The van der Waals surface area contributed by atoms with Gasteiger partial charge in [-0.3, -0.25) is 4.79 Å². The average molecular weight is 330 g/mol. The van der Waals surface area contributed by atoms with E-state index in [0.717, 1.165) is 5.56 Å². The zero-order valence-corrected chi connectivity index (χ0v) is 13.7. The smallest absolute Gasteiger partial charge is 0.223 e. The van der Waals surface area contributed by atoms with Crippen LogP contribution in [0.2, 0.25) is 5.02 Å². The lowest BCUT2D eigenvalue weighted by Crippen LogP contribution is -2.41. The third kappa shape index (κ3) is 4.45. The van der Waals surface area contributed by atoms with Crippen LogP contribution in [-0.2, 0) is 21.1 Å². The Hall–Kier alpha value is -1.07. The third-order valence-electron chi connectivity index (χ3n) is 3.83. The Bertz CT molecular complexity index is 615. The first-order valence-electron chi connectivity index (χ1n) is 7.15. The van der Waals surface area contributed by atoms with Gasteiger partial charge < -0.3 is 4.90 Å². The van der Waals surface area contributed by atoms with Crippen molar-refractivity contribution in [3.8, 4) is 0 Å². The Balaban J connectivity index is 1.95. The molecule has 1 aliphatic rings. The van der Waals surface area contributed by atoms with Gasteiger partial charge in [-0.25, -0.2) is 8.42 Å². The molecule has 1 aromatic rings. The SMILES string of the molecule is CCN(C(=O)CCc1cccc(Cl)c1)C1CCS(=O)(=O)C1. The molecule has 4 nitrogen and oxygen atoms in total. The summed E-state index contributed by atoms with van der Waals surface area (Å²) in [7, 11) is -2.97. The molecule has 1 saturated heterocycles. The van der Waals surface area contributed by atoms with Crippen LogP contribution >= 0.6 is 11.6 Å². The summed E-state index contributed by atoms with van der Waals surface area (Å²) in [4.78, 5) is 14.0. The summed E-state index contributed by atoms with van der Waals surface area (Å²) in [5.74, 6) is 0.305. The highest BCUT2D eigenvalue weighted by molar-refractivity contribution is 7.91. The standard InChI is InChI=1S/C15H20ClNO3S/c1-2-17(14-8-9-21(19,20)11-14)15(18)7-6-12-4-3-5-13(16)10-12/h3-5,10,14H,2,6-9,11H2,1H3. The van der Waals surface area contributed by atoms with Crippen molar-refractivity contribution in [1.29, 1.82) is 0 Å². The minimum atomic E-state index is -2.97. The van der Waals surface area contributed by atoms with E-state index >= 15 is 0 Å². The van der Waals surface area contributed by atoms with E-state index in [9.17, 15) is 13.2 Å². The molecule has 0 bridgehead atoms. The largest absolute Gasteiger partial charge is 0.339 e. The Morgan fingerprint density at radius 1 is 1.43 bits per heavy atom. The highest BCUT2D eigenvalue weighted by atomic mass is 35.5. The zero-order chi connectivity index (χ0) is 15.5. The van der Waals surface area contributed by atoms with Crippen LogP contribution in [0.3, 0.4) is 0 Å². The molecule has 0 N–H and O–H groups in total. The molecule has 2 rings (SSSR count). The molecule has 0 radical (unpaired) electrons. The van der Waals surface area contributed by atoms with Crippen LogP contribution in [0.4, 0.5) is 0 Å². The normalized spacial score (nSPS) is 20.4. The van der Waals surface area contributed by atoms with E-state index in [1.807, 2.05) is 25.1 Å². The van der Waals surface area contributed by atoms with Gasteiger partial charge in [-0.2, -0.15) is 0 Å². The monoisotopic (exact) mass is 329 g/mol. The van der Waals surface area contributed by atoms with Gasteiger partial charge in [0.15, 0.2) is 9.84 Å². The molecule has 0 aromatic heterocycles. The van der Waals surface area contributed by atoms with Crippen LogP contribution in [0.25, 0.3) is 0 Å². The van der Waals surface area contributed by atoms with Crippen LogP contribution < -0.4 is 0 Å². The highest BCUT2D eigenvalue weighted by Crippen LogP contribution is 2.19. The van der Waals surface area contributed by atoms with E-state index in [0.29, 0.717) is 30.8 Å². The summed E-state index contributed by atoms with van der Waals surface area (Å²) in [5, 5.41) is 0.661. The molecular formula is C15H20ClNO3S. The van der Waals surface area contributed by atoms with Gasteiger partial charge >= 0.3 is 0 Å². The molecular weight excluding hydrogens is 310 g/mol. The molecule has 1 atom stereocenters. The average Bonchev–Trinajstić information content (AvgIpc) is 2.77. The lowest BCUT2D eigenvalue weighted by Gasteiger charge is -2.27. The summed E-state index contributed by atoms with van der Waals surface area (Å²) >= 11 is 5.92. The van der Waals surface area contributed by atoms with E-state index < -0.39 is 9.84 Å². The summed E-state index contributed by atoms with van der Waals surface area (Å²) < 4.78 is 23.1. The first kappa shape index (κ1) is 16.3. The molecule has 1 fully saturated rings. The van der Waals surface area contributed by atoms with Gasteiger partial charge in [0.05, 0.1) is 11.5 Å².